The molecule has 0 aromatic heterocycles. The predicted octanol–water partition coefficient (Wildman–Crippen LogP) is 2.31. The highest BCUT2D eigenvalue weighted by Gasteiger charge is 2.40. The molecule has 0 unspecified atom stereocenters. The Bertz CT molecular complexity index is 792. The van der Waals surface area contributed by atoms with Gasteiger partial charge in [0.25, 0.3) is 5.91 Å². The van der Waals surface area contributed by atoms with E-state index in [1.807, 2.05) is 42.5 Å². The van der Waals surface area contributed by atoms with Crippen molar-refractivity contribution in [1.82, 2.24) is 10.2 Å². The molecule has 2 atom stereocenters. The summed E-state index contributed by atoms with van der Waals surface area (Å²) >= 11 is 0. The molecule has 6 heteroatoms. The number of methoxy groups -OCH3 is 2. The van der Waals surface area contributed by atoms with Crippen molar-refractivity contribution < 1.29 is 19.1 Å². The van der Waals surface area contributed by atoms with Crippen LogP contribution in [-0.2, 0) is 9.53 Å². The van der Waals surface area contributed by atoms with Gasteiger partial charge in [-0.25, -0.2) is 0 Å². The van der Waals surface area contributed by atoms with Gasteiger partial charge >= 0.3 is 0 Å². The number of hydrogen-bond acceptors (Lipinski definition) is 4. The molecule has 0 spiro atoms. The summed E-state index contributed by atoms with van der Waals surface area (Å²) in [5.41, 5.74) is 1.66. The van der Waals surface area contributed by atoms with Gasteiger partial charge in [-0.15, -0.1) is 0 Å². The number of hydrogen-bond donors (Lipinski definition) is 1. The summed E-state index contributed by atoms with van der Waals surface area (Å²) in [7, 11) is 3.22. The van der Waals surface area contributed by atoms with Crippen LogP contribution in [0.1, 0.15) is 21.8 Å². The average Bonchev–Trinajstić information content (AvgIpc) is 3.19. The van der Waals surface area contributed by atoms with Gasteiger partial charge in [0.1, 0.15) is 5.75 Å². The minimum Gasteiger partial charge on any atom is -0.497 e. The van der Waals surface area contributed by atoms with E-state index < -0.39 is 0 Å². The van der Waals surface area contributed by atoms with Crippen molar-refractivity contribution in [2.24, 2.45) is 5.92 Å². The lowest BCUT2D eigenvalue weighted by Crippen LogP contribution is -2.37. The molecule has 2 aromatic rings. The van der Waals surface area contributed by atoms with E-state index in [1.54, 1.807) is 31.3 Å². The van der Waals surface area contributed by atoms with Crippen molar-refractivity contribution in [2.45, 2.75) is 5.92 Å². The van der Waals surface area contributed by atoms with Gasteiger partial charge in [0.15, 0.2) is 0 Å². The zero-order valence-electron chi connectivity index (χ0n) is 16.3. The molecule has 0 aliphatic carbocycles. The molecule has 1 N–H and O–H groups in total. The third-order valence-corrected chi connectivity index (χ3v) is 5.11. The van der Waals surface area contributed by atoms with Crippen molar-refractivity contribution in [2.75, 3.05) is 40.5 Å². The minimum atomic E-state index is -0.307. The Labute approximate surface area is 165 Å². The van der Waals surface area contributed by atoms with Crippen molar-refractivity contribution in [1.29, 1.82) is 0 Å². The summed E-state index contributed by atoms with van der Waals surface area (Å²) < 4.78 is 10.2. The number of ether oxygens (including phenoxy) is 2. The van der Waals surface area contributed by atoms with Gasteiger partial charge in [0.05, 0.1) is 19.6 Å². The summed E-state index contributed by atoms with van der Waals surface area (Å²) in [6.45, 7) is 1.80. The topological polar surface area (TPSA) is 67.9 Å². The Morgan fingerprint density at radius 1 is 1.04 bits per heavy atom. The smallest absolute Gasteiger partial charge is 0.253 e. The summed E-state index contributed by atoms with van der Waals surface area (Å²) in [5.74, 6) is 0.284. The molecule has 0 radical (unpaired) electrons. The molecule has 1 saturated heterocycles. The molecular formula is C22H26N2O4. The first-order chi connectivity index (χ1) is 13.6. The normalized spacial score (nSPS) is 18.7. The monoisotopic (exact) mass is 382 g/mol. The second kappa shape index (κ2) is 9.37. The molecule has 1 fully saturated rings. The minimum absolute atomic E-state index is 0.0497. The lowest BCUT2D eigenvalue weighted by Gasteiger charge is -2.18. The zero-order valence-corrected chi connectivity index (χ0v) is 16.3. The SMILES string of the molecule is COCCNC(=O)[C@H]1CN(C(=O)c2ccccc2)C[C@@H]1c1ccc(OC)cc1. The molecular weight excluding hydrogens is 356 g/mol. The second-order valence-electron chi connectivity index (χ2n) is 6.85. The van der Waals surface area contributed by atoms with Crippen molar-refractivity contribution >= 4 is 11.8 Å². The van der Waals surface area contributed by atoms with Crippen LogP contribution in [0, 0.1) is 5.92 Å². The van der Waals surface area contributed by atoms with Crippen LogP contribution in [-0.4, -0.2) is 57.2 Å². The summed E-state index contributed by atoms with van der Waals surface area (Å²) in [6, 6.07) is 16.9. The molecule has 3 rings (SSSR count). The Kier molecular flexibility index (Phi) is 6.66. The fourth-order valence-corrected chi connectivity index (χ4v) is 3.59. The number of carbonyl (C=O) groups excluding carboxylic acids is 2. The van der Waals surface area contributed by atoms with Crippen LogP contribution in [0.4, 0.5) is 0 Å². The van der Waals surface area contributed by atoms with Gasteiger partial charge in [-0.1, -0.05) is 30.3 Å². The molecule has 1 aliphatic heterocycles. The van der Waals surface area contributed by atoms with Gasteiger partial charge in [0, 0.05) is 38.2 Å². The maximum atomic E-state index is 12.9. The van der Waals surface area contributed by atoms with Gasteiger partial charge in [-0.2, -0.15) is 0 Å². The maximum absolute atomic E-state index is 12.9. The quantitative estimate of drug-likeness (QED) is 0.747. The maximum Gasteiger partial charge on any atom is 0.253 e. The fraction of sp³-hybridized carbons (Fsp3) is 0.364. The predicted molar refractivity (Wildman–Crippen MR) is 106 cm³/mol. The zero-order chi connectivity index (χ0) is 19.9. The van der Waals surface area contributed by atoms with E-state index in [0.717, 1.165) is 11.3 Å². The number of nitrogens with one attached hydrogen (secondary N) is 1. The first-order valence-electron chi connectivity index (χ1n) is 9.39. The van der Waals surface area contributed by atoms with Crippen LogP contribution in [0.3, 0.4) is 0 Å². The molecule has 0 bridgehead atoms. The second-order valence-corrected chi connectivity index (χ2v) is 6.85. The number of nitrogens with zero attached hydrogens (tertiary/aromatic N) is 1. The first kappa shape index (κ1) is 19.9. The van der Waals surface area contributed by atoms with Gasteiger partial charge < -0.3 is 19.7 Å². The number of carbonyl (C=O) groups is 2. The molecule has 28 heavy (non-hydrogen) atoms. The van der Waals surface area contributed by atoms with Crippen LogP contribution in [0.5, 0.6) is 5.75 Å². The van der Waals surface area contributed by atoms with Crippen LogP contribution in [0.15, 0.2) is 54.6 Å². The number of benzene rings is 2. The van der Waals surface area contributed by atoms with Crippen molar-refractivity contribution in [3.05, 3.63) is 65.7 Å². The highest BCUT2D eigenvalue weighted by Crippen LogP contribution is 2.34. The van der Waals surface area contributed by atoms with Crippen molar-refractivity contribution in [3.63, 3.8) is 0 Å². The van der Waals surface area contributed by atoms with E-state index in [-0.39, 0.29) is 23.7 Å². The largest absolute Gasteiger partial charge is 0.497 e. The van der Waals surface area contributed by atoms with Gasteiger partial charge in [0.2, 0.25) is 5.91 Å². The lowest BCUT2D eigenvalue weighted by atomic mass is 9.88. The van der Waals surface area contributed by atoms with E-state index in [0.29, 0.717) is 31.8 Å². The van der Waals surface area contributed by atoms with Crippen LogP contribution < -0.4 is 10.1 Å². The van der Waals surface area contributed by atoms with E-state index in [2.05, 4.69) is 5.32 Å². The molecule has 6 nitrogen and oxygen atoms in total. The van der Waals surface area contributed by atoms with Crippen LogP contribution >= 0.6 is 0 Å². The Morgan fingerprint density at radius 3 is 2.39 bits per heavy atom. The van der Waals surface area contributed by atoms with Gasteiger partial charge in [-0.05, 0) is 29.8 Å². The highest BCUT2D eigenvalue weighted by atomic mass is 16.5. The highest BCUT2D eigenvalue weighted by molar-refractivity contribution is 5.95. The molecule has 1 aliphatic rings. The van der Waals surface area contributed by atoms with Gasteiger partial charge in [-0.3, -0.25) is 9.59 Å². The van der Waals surface area contributed by atoms with E-state index >= 15 is 0 Å². The Balaban J connectivity index is 1.81. The summed E-state index contributed by atoms with van der Waals surface area (Å²) in [6.07, 6.45) is 0. The molecule has 1 heterocycles. The van der Waals surface area contributed by atoms with Crippen LogP contribution in [0.2, 0.25) is 0 Å². The third-order valence-electron chi connectivity index (χ3n) is 5.11. The standard InChI is InChI=1S/C22H26N2O4/c1-27-13-12-23-21(25)20-15-24(22(26)17-6-4-3-5-7-17)14-19(20)16-8-10-18(28-2)11-9-16/h3-11,19-20H,12-15H2,1-2H3,(H,23,25)/t19-,20+/m1/s1. The van der Waals surface area contributed by atoms with E-state index in [4.69, 9.17) is 9.47 Å². The van der Waals surface area contributed by atoms with Crippen molar-refractivity contribution in [3.8, 4) is 5.75 Å². The molecule has 2 aromatic carbocycles. The van der Waals surface area contributed by atoms with Crippen LogP contribution in [0.25, 0.3) is 0 Å². The Hall–Kier alpha value is -2.86. The average molecular weight is 382 g/mol. The third kappa shape index (κ3) is 4.51. The number of rotatable bonds is 7. The fourth-order valence-electron chi connectivity index (χ4n) is 3.59. The van der Waals surface area contributed by atoms with E-state index in [9.17, 15) is 9.59 Å². The van der Waals surface area contributed by atoms with E-state index in [1.165, 1.54) is 0 Å². The molecule has 2 amide bonds. The first-order valence-corrected chi connectivity index (χ1v) is 9.39. The summed E-state index contributed by atoms with van der Waals surface area (Å²) in [4.78, 5) is 27.5. The number of likely N-dealkylation sites (tertiary alicyclic amines) is 1. The lowest BCUT2D eigenvalue weighted by molar-refractivity contribution is -0.125. The number of amides is 2. The molecule has 148 valence electrons. The summed E-state index contributed by atoms with van der Waals surface area (Å²) in [5, 5.41) is 2.92. The molecule has 0 saturated carbocycles. The Morgan fingerprint density at radius 2 is 1.75 bits per heavy atom.